The van der Waals surface area contributed by atoms with Gasteiger partial charge >= 0.3 is 0 Å². The minimum atomic E-state index is -0.123. The Morgan fingerprint density at radius 2 is 1.90 bits per heavy atom. The minimum Gasteiger partial charge on any atom is -0.271 e. The van der Waals surface area contributed by atoms with Crippen LogP contribution in [0, 0.1) is 6.92 Å². The van der Waals surface area contributed by atoms with Gasteiger partial charge in [-0.15, -0.1) is 0 Å². The summed E-state index contributed by atoms with van der Waals surface area (Å²) in [4.78, 5) is 8.65. The van der Waals surface area contributed by atoms with Gasteiger partial charge in [-0.2, -0.15) is 0 Å². The maximum Gasteiger partial charge on any atom is 0.0745 e. The number of nitrogens with two attached hydrogens (primary N) is 1. The van der Waals surface area contributed by atoms with Gasteiger partial charge in [0.25, 0.3) is 0 Å². The van der Waals surface area contributed by atoms with Crippen LogP contribution in [-0.2, 0) is 0 Å². The number of pyridine rings is 2. The zero-order valence-corrected chi connectivity index (χ0v) is 11.2. The summed E-state index contributed by atoms with van der Waals surface area (Å²) in [6, 6.07) is 12.1. The third-order valence-corrected chi connectivity index (χ3v) is 3.44. The van der Waals surface area contributed by atoms with Gasteiger partial charge in [-0.3, -0.25) is 15.8 Å². The fraction of sp³-hybridized carbons (Fsp3) is 0.125. The topological polar surface area (TPSA) is 63.8 Å². The van der Waals surface area contributed by atoms with Crippen LogP contribution in [0.2, 0.25) is 0 Å². The van der Waals surface area contributed by atoms with Crippen LogP contribution in [-0.4, -0.2) is 9.97 Å². The molecule has 0 saturated carbocycles. The highest BCUT2D eigenvalue weighted by Crippen LogP contribution is 2.27. The number of benzene rings is 1. The van der Waals surface area contributed by atoms with E-state index in [1.54, 1.807) is 0 Å². The molecule has 100 valence electrons. The molecular formula is C16H16N4. The van der Waals surface area contributed by atoms with E-state index in [2.05, 4.69) is 21.5 Å². The lowest BCUT2D eigenvalue weighted by atomic mass is 9.97. The third-order valence-electron chi connectivity index (χ3n) is 3.44. The highest BCUT2D eigenvalue weighted by Gasteiger charge is 2.15. The Morgan fingerprint density at radius 3 is 2.65 bits per heavy atom. The molecule has 20 heavy (non-hydrogen) atoms. The summed E-state index contributed by atoms with van der Waals surface area (Å²) in [6.07, 6.45) is 5.56. The fourth-order valence-corrected chi connectivity index (χ4v) is 2.39. The van der Waals surface area contributed by atoms with Crippen molar-refractivity contribution in [2.24, 2.45) is 5.84 Å². The summed E-state index contributed by atoms with van der Waals surface area (Å²) >= 11 is 0. The molecule has 0 aliphatic heterocycles. The molecule has 0 bridgehead atoms. The lowest BCUT2D eigenvalue weighted by Gasteiger charge is -2.18. The molecule has 2 aromatic heterocycles. The molecule has 0 aliphatic rings. The van der Waals surface area contributed by atoms with E-state index in [9.17, 15) is 0 Å². The maximum atomic E-state index is 5.76. The van der Waals surface area contributed by atoms with E-state index in [0.29, 0.717) is 0 Å². The van der Waals surface area contributed by atoms with Gasteiger partial charge in [0.05, 0.1) is 6.04 Å². The van der Waals surface area contributed by atoms with Crippen LogP contribution in [0.4, 0.5) is 0 Å². The van der Waals surface area contributed by atoms with Crippen molar-refractivity contribution in [1.29, 1.82) is 0 Å². The highest BCUT2D eigenvalue weighted by molar-refractivity contribution is 5.85. The molecule has 1 unspecified atom stereocenters. The molecule has 0 radical (unpaired) electrons. The number of nitrogens with one attached hydrogen (secondary N) is 1. The smallest absolute Gasteiger partial charge is 0.0745 e. The molecule has 0 fully saturated rings. The molecular weight excluding hydrogens is 248 g/mol. The highest BCUT2D eigenvalue weighted by atomic mass is 15.2. The van der Waals surface area contributed by atoms with Gasteiger partial charge in [-0.1, -0.05) is 30.3 Å². The van der Waals surface area contributed by atoms with Gasteiger partial charge in [0, 0.05) is 35.2 Å². The molecule has 3 rings (SSSR count). The molecule has 0 spiro atoms. The van der Waals surface area contributed by atoms with Crippen molar-refractivity contribution in [3.05, 3.63) is 71.8 Å². The Bertz CT molecular complexity index is 717. The maximum absolute atomic E-state index is 5.76. The summed E-state index contributed by atoms with van der Waals surface area (Å²) in [7, 11) is 0. The molecule has 0 saturated heterocycles. The Hall–Kier alpha value is -2.30. The van der Waals surface area contributed by atoms with Crippen LogP contribution in [0.25, 0.3) is 10.8 Å². The van der Waals surface area contributed by atoms with E-state index in [-0.39, 0.29) is 6.04 Å². The number of aromatic nitrogens is 2. The number of fused-ring (bicyclic) bond motifs is 1. The lowest BCUT2D eigenvalue weighted by Crippen LogP contribution is -2.29. The average molecular weight is 264 g/mol. The van der Waals surface area contributed by atoms with Crippen molar-refractivity contribution < 1.29 is 0 Å². The molecule has 3 aromatic rings. The summed E-state index contributed by atoms with van der Waals surface area (Å²) in [6.45, 7) is 1.97. The normalized spacial score (nSPS) is 12.5. The van der Waals surface area contributed by atoms with Crippen molar-refractivity contribution >= 4 is 10.8 Å². The van der Waals surface area contributed by atoms with E-state index in [0.717, 1.165) is 27.6 Å². The van der Waals surface area contributed by atoms with Crippen molar-refractivity contribution in [3.8, 4) is 0 Å². The number of hydrogen-bond acceptors (Lipinski definition) is 4. The SMILES string of the molecule is Cc1ccc(C(NN)c2cncc3ccccc23)cn1. The largest absolute Gasteiger partial charge is 0.271 e. The first-order chi connectivity index (χ1) is 9.79. The predicted molar refractivity (Wildman–Crippen MR) is 79.9 cm³/mol. The average Bonchev–Trinajstić information content (AvgIpc) is 2.50. The summed E-state index contributed by atoms with van der Waals surface area (Å²) in [5, 5.41) is 2.25. The van der Waals surface area contributed by atoms with Crippen LogP contribution in [0.5, 0.6) is 0 Å². The Kier molecular flexibility index (Phi) is 3.41. The molecule has 1 aromatic carbocycles. The zero-order valence-electron chi connectivity index (χ0n) is 11.2. The standard InChI is InChI=1S/C16H16N4/c1-11-6-7-13(9-19-11)16(20-17)15-10-18-8-12-4-2-3-5-14(12)15/h2-10,16,20H,17H2,1H3. The van der Waals surface area contributed by atoms with Gasteiger partial charge in [-0.25, -0.2) is 5.43 Å². The first-order valence-corrected chi connectivity index (χ1v) is 6.51. The molecule has 3 N–H and O–H groups in total. The zero-order chi connectivity index (χ0) is 13.9. The molecule has 2 heterocycles. The predicted octanol–water partition coefficient (Wildman–Crippen LogP) is 2.49. The fourth-order valence-electron chi connectivity index (χ4n) is 2.39. The Labute approximate surface area is 117 Å². The van der Waals surface area contributed by atoms with Crippen LogP contribution < -0.4 is 11.3 Å². The van der Waals surface area contributed by atoms with Crippen molar-refractivity contribution in [1.82, 2.24) is 15.4 Å². The number of hydrogen-bond donors (Lipinski definition) is 2. The van der Waals surface area contributed by atoms with Crippen molar-refractivity contribution in [3.63, 3.8) is 0 Å². The van der Waals surface area contributed by atoms with Gasteiger partial charge in [0.1, 0.15) is 0 Å². The lowest BCUT2D eigenvalue weighted by molar-refractivity contribution is 0.636. The number of hydrazine groups is 1. The second kappa shape index (κ2) is 5.36. The minimum absolute atomic E-state index is 0.123. The van der Waals surface area contributed by atoms with E-state index in [1.807, 2.05) is 55.8 Å². The van der Waals surface area contributed by atoms with E-state index < -0.39 is 0 Å². The first kappa shape index (κ1) is 12.7. The molecule has 1 atom stereocenters. The number of aryl methyl sites for hydroxylation is 1. The van der Waals surface area contributed by atoms with Crippen LogP contribution in [0.3, 0.4) is 0 Å². The van der Waals surface area contributed by atoms with Gasteiger partial charge in [0.15, 0.2) is 0 Å². The van der Waals surface area contributed by atoms with Crippen LogP contribution >= 0.6 is 0 Å². The van der Waals surface area contributed by atoms with E-state index >= 15 is 0 Å². The number of nitrogens with zero attached hydrogens (tertiary/aromatic N) is 2. The quantitative estimate of drug-likeness (QED) is 0.563. The molecule has 0 amide bonds. The Morgan fingerprint density at radius 1 is 1.05 bits per heavy atom. The van der Waals surface area contributed by atoms with Crippen molar-refractivity contribution in [2.45, 2.75) is 13.0 Å². The second-order valence-corrected chi connectivity index (χ2v) is 4.78. The monoisotopic (exact) mass is 264 g/mol. The summed E-state index contributed by atoms with van der Waals surface area (Å²) in [5.74, 6) is 5.76. The Balaban J connectivity index is 2.14. The molecule has 4 nitrogen and oxygen atoms in total. The van der Waals surface area contributed by atoms with Gasteiger partial charge in [0.2, 0.25) is 0 Å². The van der Waals surface area contributed by atoms with E-state index in [1.165, 1.54) is 0 Å². The molecule has 0 aliphatic carbocycles. The van der Waals surface area contributed by atoms with Crippen molar-refractivity contribution in [2.75, 3.05) is 0 Å². The first-order valence-electron chi connectivity index (χ1n) is 6.51. The van der Waals surface area contributed by atoms with E-state index in [4.69, 9.17) is 5.84 Å². The van der Waals surface area contributed by atoms with Gasteiger partial charge in [-0.05, 0) is 23.9 Å². The van der Waals surface area contributed by atoms with Gasteiger partial charge < -0.3 is 0 Å². The summed E-state index contributed by atoms with van der Waals surface area (Å²) < 4.78 is 0. The molecule has 4 heteroatoms. The second-order valence-electron chi connectivity index (χ2n) is 4.78. The summed E-state index contributed by atoms with van der Waals surface area (Å²) in [5.41, 5.74) is 5.93. The number of rotatable bonds is 3. The third kappa shape index (κ3) is 2.27. The van der Waals surface area contributed by atoms with Crippen LogP contribution in [0.1, 0.15) is 22.9 Å². The van der Waals surface area contributed by atoms with Crippen LogP contribution in [0.15, 0.2) is 55.0 Å².